The highest BCUT2D eigenvalue weighted by molar-refractivity contribution is 5.58. The van der Waals surface area contributed by atoms with E-state index in [4.69, 9.17) is 8.94 Å². The Morgan fingerprint density at radius 3 is 2.70 bits per heavy atom. The highest BCUT2D eigenvalue weighted by Gasteiger charge is 2.16. The van der Waals surface area contributed by atoms with Gasteiger partial charge in [0, 0.05) is 36.8 Å². The van der Waals surface area contributed by atoms with Crippen LogP contribution in [0.4, 0.5) is 4.39 Å². The third-order valence-electron chi connectivity index (χ3n) is 5.17. The summed E-state index contributed by atoms with van der Waals surface area (Å²) in [4.78, 5) is 4.46. The predicted octanol–water partition coefficient (Wildman–Crippen LogP) is 4.96. The summed E-state index contributed by atoms with van der Waals surface area (Å²) in [6.07, 6.45) is 2.47. The third kappa shape index (κ3) is 4.75. The molecule has 1 N–H and O–H groups in total. The Morgan fingerprint density at radius 1 is 1.03 bits per heavy atom. The van der Waals surface area contributed by atoms with Gasteiger partial charge < -0.3 is 14.3 Å². The van der Waals surface area contributed by atoms with E-state index in [9.17, 15) is 4.39 Å². The Balaban J connectivity index is 1.28. The van der Waals surface area contributed by atoms with Crippen LogP contribution < -0.4 is 5.32 Å². The van der Waals surface area contributed by atoms with Crippen molar-refractivity contribution in [2.45, 2.75) is 19.9 Å². The molecule has 0 unspecified atom stereocenters. The summed E-state index contributed by atoms with van der Waals surface area (Å²) in [6.45, 7) is 3.07. The highest BCUT2D eigenvalue weighted by Crippen LogP contribution is 2.26. The monoisotopic (exact) mass is 443 g/mol. The zero-order chi connectivity index (χ0) is 22.6. The summed E-state index contributed by atoms with van der Waals surface area (Å²) in [5.41, 5.74) is 3.21. The molecule has 8 heteroatoms. The molecule has 0 aliphatic carbocycles. The molecule has 0 saturated heterocycles. The molecule has 0 fully saturated rings. The summed E-state index contributed by atoms with van der Waals surface area (Å²) in [6, 6.07) is 19.8. The molecule has 0 saturated carbocycles. The minimum atomic E-state index is -0.313. The number of benzene rings is 2. The molecule has 0 amide bonds. The topological polar surface area (TPSA) is 81.9 Å². The van der Waals surface area contributed by atoms with Crippen LogP contribution >= 0.6 is 0 Å². The number of furan rings is 1. The van der Waals surface area contributed by atoms with E-state index in [2.05, 4.69) is 20.6 Å². The average molecular weight is 443 g/mol. The van der Waals surface area contributed by atoms with Gasteiger partial charge in [-0.25, -0.2) is 9.07 Å². The molecule has 7 nitrogen and oxygen atoms in total. The number of hydrogen-bond acceptors (Lipinski definition) is 6. The lowest BCUT2D eigenvalue weighted by Crippen LogP contribution is -2.17. The Kier molecular flexibility index (Phi) is 5.82. The maximum atomic E-state index is 13.7. The van der Waals surface area contributed by atoms with Crippen molar-refractivity contribution < 1.29 is 13.3 Å². The predicted molar refractivity (Wildman–Crippen MR) is 121 cm³/mol. The number of rotatable bonds is 8. The molecule has 5 rings (SSSR count). The Labute approximate surface area is 189 Å². The molecule has 0 bridgehead atoms. The Bertz CT molecular complexity index is 1360. The van der Waals surface area contributed by atoms with Crippen molar-refractivity contribution in [3.8, 4) is 28.5 Å². The maximum Gasteiger partial charge on any atom is 0.228 e. The van der Waals surface area contributed by atoms with Crippen molar-refractivity contribution in [1.29, 1.82) is 0 Å². The lowest BCUT2D eigenvalue weighted by atomic mass is 10.2. The quantitative estimate of drug-likeness (QED) is 0.341. The van der Waals surface area contributed by atoms with Gasteiger partial charge >= 0.3 is 0 Å². The normalized spacial score (nSPS) is 11.2. The van der Waals surface area contributed by atoms with E-state index >= 15 is 0 Å². The Hall–Kier alpha value is -4.04. The molecule has 0 spiro atoms. The molecule has 0 radical (unpaired) electrons. The smallest absolute Gasteiger partial charge is 0.228 e. The summed E-state index contributed by atoms with van der Waals surface area (Å²) < 4.78 is 26.5. The first-order valence-electron chi connectivity index (χ1n) is 10.7. The van der Waals surface area contributed by atoms with Crippen molar-refractivity contribution in [1.82, 2.24) is 25.2 Å². The van der Waals surface area contributed by atoms with Gasteiger partial charge in [-0.15, -0.1) is 0 Å². The first-order valence-corrected chi connectivity index (χ1v) is 10.7. The molecular formula is C25H22FN5O2. The number of aryl methyl sites for hydroxylation is 1. The molecular weight excluding hydrogens is 421 g/mol. The van der Waals surface area contributed by atoms with Crippen molar-refractivity contribution in [3.05, 3.63) is 96.0 Å². The van der Waals surface area contributed by atoms with Gasteiger partial charge in [0.05, 0.1) is 5.69 Å². The summed E-state index contributed by atoms with van der Waals surface area (Å²) in [5, 5.41) is 12.1. The van der Waals surface area contributed by atoms with Gasteiger partial charge in [0.1, 0.15) is 17.3 Å². The fraction of sp³-hybridized carbons (Fsp3) is 0.160. The fourth-order valence-corrected chi connectivity index (χ4v) is 3.54. The molecule has 0 atom stereocenters. The third-order valence-corrected chi connectivity index (χ3v) is 5.17. The average Bonchev–Trinajstić information content (AvgIpc) is 3.57. The van der Waals surface area contributed by atoms with Gasteiger partial charge in [-0.05, 0) is 37.3 Å². The molecule has 3 aromatic heterocycles. The second kappa shape index (κ2) is 9.22. The van der Waals surface area contributed by atoms with Gasteiger partial charge in [-0.1, -0.05) is 41.6 Å². The number of nitrogens with one attached hydrogen (secondary N) is 1. The first kappa shape index (κ1) is 20.8. The zero-order valence-electron chi connectivity index (χ0n) is 18.0. The molecule has 166 valence electrons. The van der Waals surface area contributed by atoms with E-state index in [0.717, 1.165) is 16.9 Å². The van der Waals surface area contributed by atoms with Crippen LogP contribution in [0.25, 0.3) is 28.5 Å². The number of aromatic nitrogens is 4. The molecule has 2 aromatic carbocycles. The zero-order valence-corrected chi connectivity index (χ0v) is 18.0. The lowest BCUT2D eigenvalue weighted by molar-refractivity contribution is 0.376. The maximum absolute atomic E-state index is 13.7. The van der Waals surface area contributed by atoms with Gasteiger partial charge in [-0.3, -0.25) is 0 Å². The number of hydrogen-bond donors (Lipinski definition) is 1. The Morgan fingerprint density at radius 2 is 1.91 bits per heavy atom. The van der Waals surface area contributed by atoms with Crippen LogP contribution in [-0.4, -0.2) is 26.5 Å². The molecule has 0 aliphatic rings. The van der Waals surface area contributed by atoms with Crippen LogP contribution in [-0.2, 0) is 13.0 Å². The van der Waals surface area contributed by atoms with Crippen molar-refractivity contribution in [3.63, 3.8) is 0 Å². The van der Waals surface area contributed by atoms with E-state index in [1.807, 2.05) is 61.7 Å². The van der Waals surface area contributed by atoms with Crippen LogP contribution in [0.1, 0.15) is 17.2 Å². The minimum absolute atomic E-state index is 0.313. The van der Waals surface area contributed by atoms with Crippen LogP contribution in [0.15, 0.2) is 81.9 Å². The van der Waals surface area contributed by atoms with Gasteiger partial charge in [0.25, 0.3) is 0 Å². The number of halogens is 1. The second-order valence-electron chi connectivity index (χ2n) is 7.64. The van der Waals surface area contributed by atoms with Crippen LogP contribution in [0.2, 0.25) is 0 Å². The van der Waals surface area contributed by atoms with E-state index < -0.39 is 0 Å². The molecule has 33 heavy (non-hydrogen) atoms. The second-order valence-corrected chi connectivity index (χ2v) is 7.64. The van der Waals surface area contributed by atoms with Crippen LogP contribution in [0.3, 0.4) is 0 Å². The van der Waals surface area contributed by atoms with E-state index in [-0.39, 0.29) is 5.82 Å². The summed E-state index contributed by atoms with van der Waals surface area (Å²) >= 11 is 0. The van der Waals surface area contributed by atoms with Gasteiger partial charge in [-0.2, -0.15) is 10.1 Å². The number of nitrogens with zero attached hydrogens (tertiary/aromatic N) is 4. The minimum Gasteiger partial charge on any atom is -0.460 e. The van der Waals surface area contributed by atoms with Crippen LogP contribution in [0, 0.1) is 12.7 Å². The summed E-state index contributed by atoms with van der Waals surface area (Å²) in [7, 11) is 0. The van der Waals surface area contributed by atoms with E-state index in [0.29, 0.717) is 48.4 Å². The summed E-state index contributed by atoms with van der Waals surface area (Å²) in [5.74, 6) is 2.31. The van der Waals surface area contributed by atoms with Gasteiger partial charge in [0.15, 0.2) is 5.76 Å². The lowest BCUT2D eigenvalue weighted by Gasteiger charge is -2.02. The highest BCUT2D eigenvalue weighted by atomic mass is 19.1. The standard InChI is InChI=1S/C25H22FN5O2/c1-17-10-11-22(32-17)24-19(16-31(29-24)21-9-5-8-20(26)14-21)15-27-13-12-23-28-25(30-33-23)18-6-3-2-4-7-18/h2-11,14,16,27H,12-13,15H2,1H3. The molecule has 0 aliphatic heterocycles. The van der Waals surface area contributed by atoms with E-state index in [1.54, 1.807) is 10.7 Å². The largest absolute Gasteiger partial charge is 0.460 e. The van der Waals surface area contributed by atoms with Gasteiger partial charge in [0.2, 0.25) is 11.7 Å². The fourth-order valence-electron chi connectivity index (χ4n) is 3.54. The van der Waals surface area contributed by atoms with Crippen molar-refractivity contribution in [2.75, 3.05) is 6.54 Å². The van der Waals surface area contributed by atoms with E-state index in [1.165, 1.54) is 12.1 Å². The SMILES string of the molecule is Cc1ccc(-c2nn(-c3cccc(F)c3)cc2CNCCc2nc(-c3ccccc3)no2)o1. The van der Waals surface area contributed by atoms with Crippen LogP contribution in [0.5, 0.6) is 0 Å². The first-order chi connectivity index (χ1) is 16.2. The van der Waals surface area contributed by atoms with Crippen molar-refractivity contribution in [2.24, 2.45) is 0 Å². The molecule has 3 heterocycles. The van der Waals surface area contributed by atoms with Crippen molar-refractivity contribution >= 4 is 0 Å². The molecule has 5 aromatic rings.